The lowest BCUT2D eigenvalue weighted by atomic mass is 9.81. The van der Waals surface area contributed by atoms with E-state index in [0.717, 1.165) is 18.3 Å². The summed E-state index contributed by atoms with van der Waals surface area (Å²) >= 11 is 0. The quantitative estimate of drug-likeness (QED) is 0.851. The van der Waals surface area contributed by atoms with Gasteiger partial charge in [-0.2, -0.15) is 0 Å². The topological polar surface area (TPSA) is 21.3 Å². The Morgan fingerprint density at radius 3 is 2.39 bits per heavy atom. The van der Waals surface area contributed by atoms with Crippen molar-refractivity contribution in [2.24, 2.45) is 5.92 Å². The highest BCUT2D eigenvalue weighted by Gasteiger charge is 2.23. The van der Waals surface area contributed by atoms with Crippen molar-refractivity contribution in [3.63, 3.8) is 0 Å². The highest BCUT2D eigenvalue weighted by molar-refractivity contribution is 5.29. The van der Waals surface area contributed by atoms with E-state index in [-0.39, 0.29) is 0 Å². The number of benzene rings is 1. The van der Waals surface area contributed by atoms with Crippen LogP contribution in [0.3, 0.4) is 0 Å². The Kier molecular flexibility index (Phi) is 5.06. The van der Waals surface area contributed by atoms with Gasteiger partial charge in [0.2, 0.25) is 0 Å². The van der Waals surface area contributed by atoms with Crippen LogP contribution in [0.25, 0.3) is 0 Å². The van der Waals surface area contributed by atoms with Crippen LogP contribution in [0.2, 0.25) is 0 Å². The Bertz CT molecular complexity index is 341. The number of nitrogens with one attached hydrogen (secondary N) is 1. The molecule has 1 saturated carbocycles. The molecular formula is C16H25NO. The van der Waals surface area contributed by atoms with Crippen LogP contribution in [-0.4, -0.2) is 13.7 Å². The number of ether oxygens (including phenoxy) is 1. The zero-order valence-corrected chi connectivity index (χ0v) is 11.6. The standard InChI is InChI=1S/C16H25NO/c1-3-18-15-11-9-14(10-12-15)16(17-2)13-7-5-4-6-8-13/h9-13,16-17H,3-8H2,1-2H3. The highest BCUT2D eigenvalue weighted by atomic mass is 16.5. The third kappa shape index (κ3) is 3.26. The molecule has 1 aliphatic rings. The van der Waals surface area contributed by atoms with E-state index >= 15 is 0 Å². The molecule has 0 spiro atoms. The van der Waals surface area contributed by atoms with E-state index in [2.05, 4.69) is 36.6 Å². The van der Waals surface area contributed by atoms with Gasteiger partial charge in [-0.15, -0.1) is 0 Å². The molecule has 1 fully saturated rings. The molecule has 1 atom stereocenters. The molecule has 0 bridgehead atoms. The van der Waals surface area contributed by atoms with Crippen molar-refractivity contribution in [1.29, 1.82) is 0 Å². The molecule has 1 aliphatic carbocycles. The van der Waals surface area contributed by atoms with Crippen molar-refractivity contribution < 1.29 is 4.74 Å². The van der Waals surface area contributed by atoms with Crippen molar-refractivity contribution in [3.8, 4) is 5.75 Å². The first-order chi connectivity index (χ1) is 8.85. The summed E-state index contributed by atoms with van der Waals surface area (Å²) in [4.78, 5) is 0. The first-order valence-corrected chi connectivity index (χ1v) is 7.25. The van der Waals surface area contributed by atoms with Crippen LogP contribution in [0.1, 0.15) is 50.6 Å². The second kappa shape index (κ2) is 6.79. The molecule has 1 aromatic carbocycles. The fraction of sp³-hybridized carbons (Fsp3) is 0.625. The summed E-state index contributed by atoms with van der Waals surface area (Å²) in [5.74, 6) is 1.77. The molecule has 1 unspecified atom stereocenters. The van der Waals surface area contributed by atoms with Crippen molar-refractivity contribution >= 4 is 0 Å². The molecule has 0 heterocycles. The van der Waals surface area contributed by atoms with E-state index in [1.54, 1.807) is 0 Å². The highest BCUT2D eigenvalue weighted by Crippen LogP contribution is 2.34. The van der Waals surface area contributed by atoms with Gasteiger partial charge in [-0.05, 0) is 50.4 Å². The average Bonchev–Trinajstić information content (AvgIpc) is 2.43. The van der Waals surface area contributed by atoms with Crippen LogP contribution in [0.15, 0.2) is 24.3 Å². The molecule has 100 valence electrons. The van der Waals surface area contributed by atoms with E-state index < -0.39 is 0 Å². The van der Waals surface area contributed by atoms with E-state index in [1.807, 2.05) is 6.92 Å². The lowest BCUT2D eigenvalue weighted by molar-refractivity contribution is 0.281. The molecule has 0 aliphatic heterocycles. The van der Waals surface area contributed by atoms with Crippen LogP contribution >= 0.6 is 0 Å². The van der Waals surface area contributed by atoms with Crippen LogP contribution in [0.5, 0.6) is 5.75 Å². The molecule has 0 aromatic heterocycles. The van der Waals surface area contributed by atoms with Gasteiger partial charge in [0.05, 0.1) is 6.61 Å². The summed E-state index contributed by atoms with van der Waals surface area (Å²) in [6.45, 7) is 2.75. The van der Waals surface area contributed by atoms with E-state index in [9.17, 15) is 0 Å². The van der Waals surface area contributed by atoms with Gasteiger partial charge in [-0.3, -0.25) is 0 Å². The van der Waals surface area contributed by atoms with Crippen molar-refractivity contribution in [2.45, 2.75) is 45.1 Å². The van der Waals surface area contributed by atoms with Gasteiger partial charge in [-0.1, -0.05) is 31.4 Å². The molecule has 0 radical (unpaired) electrons. The SMILES string of the molecule is CCOc1ccc(C(NC)C2CCCCC2)cc1. The maximum Gasteiger partial charge on any atom is 0.119 e. The van der Waals surface area contributed by atoms with Gasteiger partial charge in [0, 0.05) is 6.04 Å². The van der Waals surface area contributed by atoms with Crippen LogP contribution in [0.4, 0.5) is 0 Å². The summed E-state index contributed by atoms with van der Waals surface area (Å²) in [6.07, 6.45) is 6.91. The lowest BCUT2D eigenvalue weighted by Crippen LogP contribution is -2.26. The zero-order valence-electron chi connectivity index (χ0n) is 11.6. The number of hydrogen-bond donors (Lipinski definition) is 1. The average molecular weight is 247 g/mol. The zero-order chi connectivity index (χ0) is 12.8. The largest absolute Gasteiger partial charge is 0.494 e. The van der Waals surface area contributed by atoms with Crippen LogP contribution < -0.4 is 10.1 Å². The maximum absolute atomic E-state index is 5.50. The van der Waals surface area contributed by atoms with Crippen molar-refractivity contribution in [2.75, 3.05) is 13.7 Å². The Morgan fingerprint density at radius 1 is 1.17 bits per heavy atom. The van der Waals surface area contributed by atoms with Gasteiger partial charge < -0.3 is 10.1 Å². The fourth-order valence-electron chi connectivity index (χ4n) is 3.08. The minimum atomic E-state index is 0.501. The minimum Gasteiger partial charge on any atom is -0.494 e. The second-order valence-electron chi connectivity index (χ2n) is 5.17. The van der Waals surface area contributed by atoms with Gasteiger partial charge in [-0.25, -0.2) is 0 Å². The van der Waals surface area contributed by atoms with E-state index in [1.165, 1.54) is 37.7 Å². The molecule has 0 amide bonds. The smallest absolute Gasteiger partial charge is 0.119 e. The third-order valence-electron chi connectivity index (χ3n) is 3.98. The Labute approximate surface area is 111 Å². The maximum atomic E-state index is 5.50. The van der Waals surface area contributed by atoms with Gasteiger partial charge >= 0.3 is 0 Å². The third-order valence-corrected chi connectivity index (χ3v) is 3.98. The van der Waals surface area contributed by atoms with Crippen molar-refractivity contribution in [3.05, 3.63) is 29.8 Å². The summed E-state index contributed by atoms with van der Waals surface area (Å²) in [5.41, 5.74) is 1.40. The van der Waals surface area contributed by atoms with Crippen molar-refractivity contribution in [1.82, 2.24) is 5.32 Å². The molecule has 0 saturated heterocycles. The minimum absolute atomic E-state index is 0.501. The number of hydrogen-bond acceptors (Lipinski definition) is 2. The van der Waals surface area contributed by atoms with E-state index in [4.69, 9.17) is 4.74 Å². The molecule has 1 N–H and O–H groups in total. The first-order valence-electron chi connectivity index (χ1n) is 7.25. The van der Waals surface area contributed by atoms with Gasteiger partial charge in [0.15, 0.2) is 0 Å². The first kappa shape index (κ1) is 13.4. The summed E-state index contributed by atoms with van der Waals surface area (Å²) in [6, 6.07) is 9.10. The molecule has 1 aromatic rings. The van der Waals surface area contributed by atoms with Gasteiger partial charge in [0.25, 0.3) is 0 Å². The molecule has 2 nitrogen and oxygen atoms in total. The number of rotatable bonds is 5. The molecule has 2 rings (SSSR count). The summed E-state index contributed by atoms with van der Waals surface area (Å²) < 4.78 is 5.50. The monoisotopic (exact) mass is 247 g/mol. The Hall–Kier alpha value is -1.02. The van der Waals surface area contributed by atoms with Gasteiger partial charge in [0.1, 0.15) is 5.75 Å². The second-order valence-corrected chi connectivity index (χ2v) is 5.17. The fourth-order valence-corrected chi connectivity index (χ4v) is 3.08. The van der Waals surface area contributed by atoms with Crippen LogP contribution in [-0.2, 0) is 0 Å². The Morgan fingerprint density at radius 2 is 1.83 bits per heavy atom. The predicted octanol–water partition coefficient (Wildman–Crippen LogP) is 3.93. The lowest BCUT2D eigenvalue weighted by Gasteiger charge is -2.30. The molecular weight excluding hydrogens is 222 g/mol. The Balaban J connectivity index is 2.06. The predicted molar refractivity (Wildman–Crippen MR) is 76.0 cm³/mol. The molecule has 2 heteroatoms. The summed E-state index contributed by atoms with van der Waals surface area (Å²) in [5, 5.41) is 3.50. The molecule has 18 heavy (non-hydrogen) atoms. The van der Waals surface area contributed by atoms with E-state index in [0.29, 0.717) is 6.04 Å². The summed E-state index contributed by atoms with van der Waals surface area (Å²) in [7, 11) is 2.08. The van der Waals surface area contributed by atoms with Crippen LogP contribution in [0, 0.1) is 5.92 Å². The normalized spacial score (nSPS) is 18.6.